The number of carbonyl (C=O) groups is 1. The lowest BCUT2D eigenvalue weighted by Crippen LogP contribution is -2.41. The summed E-state index contributed by atoms with van der Waals surface area (Å²) >= 11 is 0. The number of allylic oxidation sites excluding steroid dienone is 1. The van der Waals surface area contributed by atoms with Crippen molar-refractivity contribution in [2.75, 3.05) is 19.8 Å². The molecular weight excluding hydrogens is 420 g/mol. The zero-order valence-corrected chi connectivity index (χ0v) is 21.6. The van der Waals surface area contributed by atoms with E-state index in [1.165, 1.54) is 0 Å². The van der Waals surface area contributed by atoms with Crippen LogP contribution in [-0.4, -0.2) is 40.4 Å². The first-order valence-corrected chi connectivity index (χ1v) is 14.5. The van der Waals surface area contributed by atoms with Crippen molar-refractivity contribution in [2.45, 2.75) is 70.9 Å². The Labute approximate surface area is 194 Å². The molecule has 0 aliphatic carbocycles. The van der Waals surface area contributed by atoms with E-state index in [1.807, 2.05) is 31.2 Å². The molecule has 1 heterocycles. The van der Waals surface area contributed by atoms with Crippen LogP contribution < -0.4 is 0 Å². The molecule has 6 heteroatoms. The Morgan fingerprint density at radius 2 is 1.91 bits per heavy atom. The van der Waals surface area contributed by atoms with Crippen molar-refractivity contribution in [3.05, 3.63) is 60.4 Å². The molecule has 1 aliphatic heterocycles. The molecule has 0 bridgehead atoms. The van der Waals surface area contributed by atoms with Crippen LogP contribution in [0.25, 0.3) is 0 Å². The van der Waals surface area contributed by atoms with Gasteiger partial charge in [-0.15, -0.1) is 0 Å². The molecule has 1 aromatic carbocycles. The highest BCUT2D eigenvalue weighted by Crippen LogP contribution is 2.40. The zero-order chi connectivity index (χ0) is 23.8. The van der Waals surface area contributed by atoms with Gasteiger partial charge in [0.25, 0.3) is 0 Å². The Balaban J connectivity index is 2.21. The van der Waals surface area contributed by atoms with E-state index < -0.39 is 20.6 Å². The van der Waals surface area contributed by atoms with Crippen LogP contribution in [0.1, 0.15) is 52.0 Å². The average molecular weight is 461 g/mol. The van der Waals surface area contributed by atoms with Gasteiger partial charge in [-0.2, -0.15) is 0 Å². The maximum Gasteiger partial charge on any atom is 0.373 e. The second kappa shape index (κ2) is 11.8. The molecule has 0 spiro atoms. The van der Waals surface area contributed by atoms with Gasteiger partial charge in [0.2, 0.25) is 12.0 Å². The highest BCUT2D eigenvalue weighted by molar-refractivity contribution is 6.74. The molecule has 0 fully saturated rings. The Hall–Kier alpha value is -1.89. The topological polar surface area (TPSA) is 54.0 Å². The Kier molecular flexibility index (Phi) is 9.74. The van der Waals surface area contributed by atoms with Crippen molar-refractivity contribution < 1.29 is 23.4 Å². The van der Waals surface area contributed by atoms with Gasteiger partial charge < -0.3 is 18.6 Å². The molecule has 0 radical (unpaired) electrons. The Morgan fingerprint density at radius 3 is 2.50 bits per heavy atom. The maximum absolute atomic E-state index is 12.5. The van der Waals surface area contributed by atoms with Gasteiger partial charge in [0.15, 0.2) is 8.32 Å². The first-order chi connectivity index (χ1) is 15.1. The van der Waals surface area contributed by atoms with Crippen molar-refractivity contribution in [2.24, 2.45) is 5.92 Å². The number of rotatable bonds is 11. The quantitative estimate of drug-likeness (QED) is 0.170. The van der Waals surface area contributed by atoms with Crippen LogP contribution in [0.5, 0.6) is 0 Å². The smallest absolute Gasteiger partial charge is 0.373 e. The van der Waals surface area contributed by atoms with E-state index >= 15 is 0 Å². The van der Waals surface area contributed by atoms with Gasteiger partial charge in [0.05, 0.1) is 0 Å². The predicted molar refractivity (Wildman–Crippen MR) is 131 cm³/mol. The third kappa shape index (κ3) is 7.05. The van der Waals surface area contributed by atoms with Crippen LogP contribution >= 0.6 is 0 Å². The van der Waals surface area contributed by atoms with Crippen molar-refractivity contribution in [3.63, 3.8) is 0 Å². The first-order valence-electron chi connectivity index (χ1n) is 11.6. The minimum absolute atomic E-state index is 0.0133. The molecule has 1 unspecified atom stereocenters. The van der Waals surface area contributed by atoms with Gasteiger partial charge in [0, 0.05) is 25.0 Å². The molecule has 5 nitrogen and oxygen atoms in total. The molecule has 0 aromatic heterocycles. The number of hydrogen-bond donors (Lipinski definition) is 0. The third-order valence-electron chi connectivity index (χ3n) is 6.38. The highest BCUT2D eigenvalue weighted by atomic mass is 28.4. The molecule has 0 N–H and O–H groups in total. The summed E-state index contributed by atoms with van der Waals surface area (Å²) in [6.45, 7) is 18.2. The van der Waals surface area contributed by atoms with Gasteiger partial charge >= 0.3 is 5.97 Å². The van der Waals surface area contributed by atoms with E-state index in [2.05, 4.69) is 52.6 Å². The van der Waals surface area contributed by atoms with E-state index in [9.17, 15) is 4.79 Å². The van der Waals surface area contributed by atoms with E-state index in [-0.39, 0.29) is 29.2 Å². The normalized spacial score (nSPS) is 21.4. The van der Waals surface area contributed by atoms with Gasteiger partial charge in [0.1, 0.15) is 6.61 Å². The van der Waals surface area contributed by atoms with Crippen molar-refractivity contribution in [1.82, 2.24) is 0 Å². The fraction of sp³-hybridized carbons (Fsp3) is 0.577. The molecule has 178 valence electrons. The summed E-state index contributed by atoms with van der Waals surface area (Å²) in [5.41, 5.74) is 1.13. The average Bonchev–Trinajstić information content (AvgIpc) is 2.75. The van der Waals surface area contributed by atoms with Crippen LogP contribution in [0.4, 0.5) is 0 Å². The van der Waals surface area contributed by atoms with Crippen molar-refractivity contribution in [1.29, 1.82) is 0 Å². The molecule has 2 rings (SSSR count). The molecule has 0 amide bonds. The monoisotopic (exact) mass is 460 g/mol. The predicted octanol–water partition coefficient (Wildman–Crippen LogP) is 6.19. The fourth-order valence-corrected chi connectivity index (χ4v) is 4.64. The van der Waals surface area contributed by atoms with Gasteiger partial charge in [-0.3, -0.25) is 0 Å². The van der Waals surface area contributed by atoms with Gasteiger partial charge in [-0.25, -0.2) is 4.79 Å². The largest absolute Gasteiger partial charge is 0.457 e. The Bertz CT molecular complexity index is 766. The summed E-state index contributed by atoms with van der Waals surface area (Å²) in [5, 5.41) is 0.185. The van der Waals surface area contributed by atoms with E-state index in [0.717, 1.165) is 18.4 Å². The molecule has 1 aromatic rings. The minimum atomic E-state index is -1.79. The molecule has 1 aliphatic rings. The summed E-state index contributed by atoms with van der Waals surface area (Å²) in [4.78, 5) is 12.5. The molecule has 3 atom stereocenters. The van der Waals surface area contributed by atoms with Crippen molar-refractivity contribution >= 4 is 14.3 Å². The van der Waals surface area contributed by atoms with Crippen LogP contribution in [0, 0.1) is 5.92 Å². The van der Waals surface area contributed by atoms with E-state index in [1.54, 1.807) is 6.08 Å². The standard InChI is InChI=1S/C26H40O5Si/c1-8-17-29-24(27)23-19-22(20-14-11-10-12-15-20)21(25(31-23)28-9-2)16-13-18-30-32(6,7)26(3,4)5/h8,10-12,14-15,19,21-22,25H,1,9,13,16-18H2,2-7H3/t21?,22-,25-/m1/s1. The van der Waals surface area contributed by atoms with E-state index in [0.29, 0.717) is 13.2 Å². The summed E-state index contributed by atoms with van der Waals surface area (Å²) in [5.74, 6) is -0.236. The molecule has 0 saturated carbocycles. The minimum Gasteiger partial charge on any atom is -0.457 e. The van der Waals surface area contributed by atoms with Gasteiger partial charge in [-0.1, -0.05) is 63.8 Å². The molecule has 32 heavy (non-hydrogen) atoms. The fourth-order valence-electron chi connectivity index (χ4n) is 3.55. The van der Waals surface area contributed by atoms with Crippen LogP contribution in [0.15, 0.2) is 54.8 Å². The van der Waals surface area contributed by atoms with Crippen LogP contribution in [-0.2, 0) is 23.4 Å². The number of carbonyl (C=O) groups excluding carboxylic acids is 1. The lowest BCUT2D eigenvalue weighted by atomic mass is 9.80. The van der Waals surface area contributed by atoms with Gasteiger partial charge in [-0.05, 0) is 49.5 Å². The second-order valence-corrected chi connectivity index (χ2v) is 14.5. The lowest BCUT2D eigenvalue weighted by Gasteiger charge is -2.38. The van der Waals surface area contributed by atoms with Crippen molar-refractivity contribution in [3.8, 4) is 0 Å². The number of esters is 1. The number of benzene rings is 1. The zero-order valence-electron chi connectivity index (χ0n) is 20.6. The molecule has 0 saturated heterocycles. The number of ether oxygens (including phenoxy) is 3. The second-order valence-electron chi connectivity index (χ2n) is 9.71. The summed E-state index contributed by atoms with van der Waals surface area (Å²) in [7, 11) is -1.79. The van der Waals surface area contributed by atoms with Crippen LogP contribution in [0.2, 0.25) is 18.1 Å². The highest BCUT2D eigenvalue weighted by Gasteiger charge is 2.39. The molecular formula is C26H40O5Si. The summed E-state index contributed by atoms with van der Waals surface area (Å²) < 4.78 is 23.6. The summed E-state index contributed by atoms with van der Waals surface area (Å²) in [6, 6.07) is 10.2. The Morgan fingerprint density at radius 1 is 1.22 bits per heavy atom. The lowest BCUT2D eigenvalue weighted by molar-refractivity contribution is -0.175. The third-order valence-corrected chi connectivity index (χ3v) is 10.9. The van der Waals surface area contributed by atoms with E-state index in [4.69, 9.17) is 18.6 Å². The summed E-state index contributed by atoms with van der Waals surface area (Å²) in [6.07, 6.45) is 4.67. The number of hydrogen-bond acceptors (Lipinski definition) is 5. The van der Waals surface area contributed by atoms with Crippen LogP contribution in [0.3, 0.4) is 0 Å². The first kappa shape index (κ1) is 26.4. The SMILES string of the molecule is C=CCOC(=O)C1=C[C@H](c2ccccc2)C(CCCO[Si](C)(C)C(C)(C)C)[C@H](OCC)O1. The maximum atomic E-state index is 12.5.